The van der Waals surface area contributed by atoms with Gasteiger partial charge in [0.1, 0.15) is 17.8 Å². The molecule has 36 heavy (non-hydrogen) atoms. The first-order chi connectivity index (χ1) is 17.5. The second-order valence-electron chi connectivity index (χ2n) is 9.36. The van der Waals surface area contributed by atoms with E-state index in [1.165, 1.54) is 11.1 Å². The zero-order chi connectivity index (χ0) is 25.5. The molecule has 0 radical (unpaired) electrons. The molecule has 1 aromatic rings. The van der Waals surface area contributed by atoms with E-state index in [1.54, 1.807) is 20.2 Å². The molecule has 0 aliphatic carbocycles. The van der Waals surface area contributed by atoms with Gasteiger partial charge in [0.25, 0.3) is 0 Å². The molecule has 0 spiro atoms. The van der Waals surface area contributed by atoms with Gasteiger partial charge in [-0.15, -0.1) is 0 Å². The Balaban J connectivity index is 1.57. The van der Waals surface area contributed by atoms with E-state index in [0.29, 0.717) is 6.42 Å². The third kappa shape index (κ3) is 6.16. The monoisotopic (exact) mass is 489 g/mol. The zero-order valence-electron chi connectivity index (χ0n) is 21.7. The van der Waals surface area contributed by atoms with Crippen molar-refractivity contribution in [3.05, 3.63) is 71.0 Å². The summed E-state index contributed by atoms with van der Waals surface area (Å²) < 4.78 is 19.3. The first-order valence-corrected chi connectivity index (χ1v) is 12.7. The molecule has 190 valence electrons. The molecule has 3 aliphatic heterocycles. The highest BCUT2D eigenvalue weighted by molar-refractivity contribution is 5.88. The molecule has 0 N–H and O–H groups in total. The molecule has 0 bridgehead atoms. The van der Waals surface area contributed by atoms with E-state index in [9.17, 15) is 4.39 Å². The van der Waals surface area contributed by atoms with Gasteiger partial charge < -0.3 is 9.64 Å². The second kappa shape index (κ2) is 11.9. The quantitative estimate of drug-likeness (QED) is 0.404. The van der Waals surface area contributed by atoms with Crippen LogP contribution in [0, 0.1) is 0 Å². The SMILES string of the molecule is CC/C(=C\CC(C)F)N1C=C=CN=C2C/C(=C/c3ccc(N4C=NCC(C)=C4)c(OC)c3)CCCN21. The summed E-state index contributed by atoms with van der Waals surface area (Å²) in [5, 5.41) is 4.31. The van der Waals surface area contributed by atoms with Crippen molar-refractivity contribution in [3.8, 4) is 5.75 Å². The van der Waals surface area contributed by atoms with Crippen molar-refractivity contribution in [3.63, 3.8) is 0 Å². The van der Waals surface area contributed by atoms with Crippen molar-refractivity contribution in [1.29, 1.82) is 0 Å². The first-order valence-electron chi connectivity index (χ1n) is 12.7. The Labute approximate surface area is 214 Å². The third-order valence-electron chi connectivity index (χ3n) is 6.39. The first kappa shape index (κ1) is 25.5. The molecule has 3 heterocycles. The van der Waals surface area contributed by atoms with Crippen molar-refractivity contribution < 1.29 is 9.13 Å². The molecule has 1 unspecified atom stereocenters. The Kier molecular flexibility index (Phi) is 8.44. The van der Waals surface area contributed by atoms with Crippen molar-refractivity contribution in [2.75, 3.05) is 25.1 Å². The molecule has 1 aromatic carbocycles. The van der Waals surface area contributed by atoms with Crippen LogP contribution in [0.1, 0.15) is 58.4 Å². The van der Waals surface area contributed by atoms with Crippen LogP contribution in [0.3, 0.4) is 0 Å². The molecule has 1 fully saturated rings. The molecule has 0 amide bonds. The summed E-state index contributed by atoms with van der Waals surface area (Å²) in [5.41, 5.74) is 8.80. The number of hydrogen-bond acceptors (Lipinski definition) is 6. The predicted molar refractivity (Wildman–Crippen MR) is 147 cm³/mol. The summed E-state index contributed by atoms with van der Waals surface area (Å²) >= 11 is 0. The minimum Gasteiger partial charge on any atom is -0.495 e. The number of ether oxygens (including phenoxy) is 1. The number of hydrazine groups is 1. The van der Waals surface area contributed by atoms with Gasteiger partial charge in [0.15, 0.2) is 0 Å². The third-order valence-corrected chi connectivity index (χ3v) is 6.39. The number of rotatable bonds is 7. The van der Waals surface area contributed by atoms with Crippen LogP contribution in [0.5, 0.6) is 5.75 Å². The van der Waals surface area contributed by atoms with Gasteiger partial charge in [0.05, 0.1) is 38.1 Å². The summed E-state index contributed by atoms with van der Waals surface area (Å²) in [4.78, 5) is 11.1. The molecular weight excluding hydrogens is 453 g/mol. The minimum atomic E-state index is -0.865. The van der Waals surface area contributed by atoms with E-state index in [1.807, 2.05) is 23.5 Å². The average Bonchev–Trinajstić information content (AvgIpc) is 3.18. The molecule has 0 saturated carbocycles. The van der Waals surface area contributed by atoms with E-state index < -0.39 is 6.17 Å². The smallest absolute Gasteiger partial charge is 0.143 e. The molecule has 3 aliphatic rings. The zero-order valence-corrected chi connectivity index (χ0v) is 21.7. The highest BCUT2D eigenvalue weighted by Gasteiger charge is 2.24. The van der Waals surface area contributed by atoms with Crippen molar-refractivity contribution in [2.45, 2.75) is 59.0 Å². The highest BCUT2D eigenvalue weighted by atomic mass is 19.1. The normalized spacial score (nSPS) is 20.1. The molecule has 7 heteroatoms. The lowest BCUT2D eigenvalue weighted by Crippen LogP contribution is -2.42. The minimum absolute atomic E-state index is 0.402. The van der Waals surface area contributed by atoms with Gasteiger partial charge in [-0.05, 0) is 62.8 Å². The van der Waals surface area contributed by atoms with Crippen LogP contribution < -0.4 is 9.64 Å². The lowest BCUT2D eigenvalue weighted by Gasteiger charge is -2.35. The van der Waals surface area contributed by atoms with Gasteiger partial charge in [-0.25, -0.2) is 9.38 Å². The lowest BCUT2D eigenvalue weighted by atomic mass is 10.0. The van der Waals surface area contributed by atoms with Gasteiger partial charge in [-0.3, -0.25) is 15.0 Å². The van der Waals surface area contributed by atoms with Crippen molar-refractivity contribution >= 4 is 23.9 Å². The fourth-order valence-electron chi connectivity index (χ4n) is 4.61. The van der Waals surface area contributed by atoms with Gasteiger partial charge in [-0.1, -0.05) is 36.4 Å². The maximum Gasteiger partial charge on any atom is 0.143 e. The lowest BCUT2D eigenvalue weighted by molar-refractivity contribution is 0.141. The van der Waals surface area contributed by atoms with Crippen LogP contribution in [0.2, 0.25) is 0 Å². The fraction of sp³-hybridized carbons (Fsp3) is 0.414. The van der Waals surface area contributed by atoms with Crippen LogP contribution in [0.4, 0.5) is 10.1 Å². The Morgan fingerprint density at radius 3 is 2.94 bits per heavy atom. The van der Waals surface area contributed by atoms with Crippen LogP contribution in [-0.2, 0) is 0 Å². The van der Waals surface area contributed by atoms with E-state index in [0.717, 1.165) is 67.3 Å². The number of aliphatic imine (C=N–C) groups is 2. The van der Waals surface area contributed by atoms with Crippen LogP contribution in [0.25, 0.3) is 6.08 Å². The van der Waals surface area contributed by atoms with E-state index >= 15 is 0 Å². The summed E-state index contributed by atoms with van der Waals surface area (Å²) in [7, 11) is 1.70. The largest absolute Gasteiger partial charge is 0.495 e. The topological polar surface area (TPSA) is 43.7 Å². The van der Waals surface area contributed by atoms with Crippen LogP contribution in [-0.4, -0.2) is 48.6 Å². The van der Waals surface area contributed by atoms with Crippen LogP contribution >= 0.6 is 0 Å². The molecule has 4 rings (SSSR count). The van der Waals surface area contributed by atoms with Crippen molar-refractivity contribution in [1.82, 2.24) is 10.0 Å². The number of fused-ring (bicyclic) bond motifs is 1. The maximum atomic E-state index is 13.5. The van der Waals surface area contributed by atoms with Crippen LogP contribution in [0.15, 0.2) is 75.4 Å². The second-order valence-corrected chi connectivity index (χ2v) is 9.36. The average molecular weight is 490 g/mol. The van der Waals surface area contributed by atoms with Crippen molar-refractivity contribution in [2.24, 2.45) is 9.98 Å². The highest BCUT2D eigenvalue weighted by Crippen LogP contribution is 2.32. The number of alkyl halides is 1. The Bertz CT molecular complexity index is 1170. The molecule has 1 atom stereocenters. The number of hydrogen-bond donors (Lipinski definition) is 0. The van der Waals surface area contributed by atoms with E-state index in [-0.39, 0.29) is 0 Å². The summed E-state index contributed by atoms with van der Waals surface area (Å²) in [6.45, 7) is 7.34. The molecular formula is C29H36FN5O. The summed E-state index contributed by atoms with van der Waals surface area (Å²) in [6.07, 6.45) is 14.9. The number of methoxy groups -OCH3 is 1. The number of halogens is 1. The molecule has 1 saturated heterocycles. The number of anilines is 1. The number of amidine groups is 1. The van der Waals surface area contributed by atoms with Gasteiger partial charge in [0.2, 0.25) is 0 Å². The Morgan fingerprint density at radius 1 is 1.33 bits per heavy atom. The number of allylic oxidation sites excluding steroid dienone is 2. The molecule has 0 aromatic heterocycles. The van der Waals surface area contributed by atoms with Gasteiger partial charge in [-0.2, -0.15) is 0 Å². The predicted octanol–water partition coefficient (Wildman–Crippen LogP) is 6.61. The van der Waals surface area contributed by atoms with E-state index in [4.69, 9.17) is 9.73 Å². The van der Waals surface area contributed by atoms with Gasteiger partial charge in [0, 0.05) is 24.9 Å². The number of benzene rings is 1. The Morgan fingerprint density at radius 2 is 2.19 bits per heavy atom. The van der Waals surface area contributed by atoms with Gasteiger partial charge >= 0.3 is 0 Å². The number of nitrogens with zero attached hydrogens (tertiary/aromatic N) is 5. The molecule has 6 nitrogen and oxygen atoms in total. The summed E-state index contributed by atoms with van der Waals surface area (Å²) in [5.74, 6) is 1.78. The standard InChI is InChI=1S/C29H36FN5O/c1-5-26(11-9-23(3)30)34-15-7-13-32-29-18-24(8-6-14-35(29)34)16-25-10-12-27(28(17-25)36-4)33-20-22(2)19-31-21-33/h10-13,15-17,20-21,23H,5-6,8-9,14,18-19H2,1-4H3/b24-16+,26-11+. The van der Waals surface area contributed by atoms with E-state index in [2.05, 4.69) is 65.1 Å². The summed E-state index contributed by atoms with van der Waals surface area (Å²) in [6, 6.07) is 6.28. The Hall–Kier alpha value is -3.57. The maximum absolute atomic E-state index is 13.5. The fourth-order valence-corrected chi connectivity index (χ4v) is 4.61.